The van der Waals surface area contributed by atoms with Gasteiger partial charge in [0.25, 0.3) is 11.8 Å². The van der Waals surface area contributed by atoms with Crippen molar-refractivity contribution in [1.82, 2.24) is 5.32 Å². The molecule has 2 amide bonds. The highest BCUT2D eigenvalue weighted by molar-refractivity contribution is 7.90. The van der Waals surface area contributed by atoms with E-state index >= 15 is 0 Å². The molecule has 0 heterocycles. The summed E-state index contributed by atoms with van der Waals surface area (Å²) in [6, 6.07) is 11.7. The fraction of sp³-hybridized carbons (Fsp3) is 0.130. The van der Waals surface area contributed by atoms with Crippen molar-refractivity contribution in [2.24, 2.45) is 0 Å². The number of benzene rings is 3. The lowest BCUT2D eigenvalue weighted by Crippen LogP contribution is -2.26. The molecule has 0 saturated heterocycles. The van der Waals surface area contributed by atoms with E-state index in [1.54, 1.807) is 19.1 Å². The average Bonchev–Trinajstić information content (AvgIpc) is 2.72. The zero-order valence-electron chi connectivity index (χ0n) is 17.6. The lowest BCUT2D eigenvalue weighted by Gasteiger charge is -2.16. The molecule has 33 heavy (non-hydrogen) atoms. The fourth-order valence-electron chi connectivity index (χ4n) is 3.05. The first-order valence-electron chi connectivity index (χ1n) is 9.65. The second-order valence-corrected chi connectivity index (χ2v) is 9.40. The molecular formula is C23H20F2N2O5S. The SMILES string of the molecule is CC(NC(=O)c1ccc(NC(=O)c2cc(F)cc(F)c2)cc1O)c1ccc(S(C)(=O)=O)cc1. The number of amides is 2. The molecule has 0 fully saturated rings. The minimum Gasteiger partial charge on any atom is -0.507 e. The standard InChI is InChI=1S/C23H20F2N2O5S/c1-13(14-3-6-19(7-4-14)33(2,31)32)26-23(30)20-8-5-18(12-21(20)28)27-22(29)15-9-16(24)11-17(25)10-15/h3-13,28H,1-2H3,(H,26,30)(H,27,29). The third-order valence-corrected chi connectivity index (χ3v) is 5.91. The van der Waals surface area contributed by atoms with Gasteiger partial charge in [0.2, 0.25) is 0 Å². The number of carbonyl (C=O) groups is 2. The molecule has 3 aromatic carbocycles. The minimum atomic E-state index is -3.34. The molecule has 0 radical (unpaired) electrons. The van der Waals surface area contributed by atoms with E-state index in [9.17, 15) is 31.9 Å². The van der Waals surface area contributed by atoms with Crippen molar-refractivity contribution < 1.29 is 31.9 Å². The van der Waals surface area contributed by atoms with E-state index in [0.717, 1.165) is 24.5 Å². The number of anilines is 1. The van der Waals surface area contributed by atoms with Gasteiger partial charge in [-0.15, -0.1) is 0 Å². The Morgan fingerprint density at radius 2 is 1.52 bits per heavy atom. The maximum Gasteiger partial charge on any atom is 0.255 e. The van der Waals surface area contributed by atoms with Crippen LogP contribution in [0.1, 0.15) is 39.2 Å². The van der Waals surface area contributed by atoms with Crippen LogP contribution < -0.4 is 10.6 Å². The zero-order chi connectivity index (χ0) is 24.3. The van der Waals surface area contributed by atoms with Crippen LogP contribution in [0.3, 0.4) is 0 Å². The van der Waals surface area contributed by atoms with Crippen LogP contribution in [0.5, 0.6) is 5.75 Å². The van der Waals surface area contributed by atoms with Crippen molar-refractivity contribution in [3.05, 3.63) is 89.0 Å². The van der Waals surface area contributed by atoms with Crippen LogP contribution >= 0.6 is 0 Å². The maximum atomic E-state index is 13.3. The smallest absolute Gasteiger partial charge is 0.255 e. The highest BCUT2D eigenvalue weighted by Crippen LogP contribution is 2.24. The second-order valence-electron chi connectivity index (χ2n) is 7.38. The van der Waals surface area contributed by atoms with E-state index in [2.05, 4.69) is 10.6 Å². The summed E-state index contributed by atoms with van der Waals surface area (Å²) < 4.78 is 49.7. The lowest BCUT2D eigenvalue weighted by molar-refractivity contribution is 0.0936. The van der Waals surface area contributed by atoms with Gasteiger partial charge in [-0.3, -0.25) is 9.59 Å². The van der Waals surface area contributed by atoms with Gasteiger partial charge in [-0.2, -0.15) is 0 Å². The summed E-state index contributed by atoms with van der Waals surface area (Å²) in [6.45, 7) is 1.69. The molecule has 10 heteroatoms. The Hall–Kier alpha value is -3.79. The van der Waals surface area contributed by atoms with E-state index in [-0.39, 0.29) is 21.7 Å². The van der Waals surface area contributed by atoms with Gasteiger partial charge in [-0.1, -0.05) is 12.1 Å². The van der Waals surface area contributed by atoms with Crippen molar-refractivity contribution in [2.45, 2.75) is 17.9 Å². The molecule has 3 N–H and O–H groups in total. The molecule has 172 valence electrons. The summed E-state index contributed by atoms with van der Waals surface area (Å²) in [6.07, 6.45) is 1.10. The Kier molecular flexibility index (Phi) is 6.78. The topological polar surface area (TPSA) is 113 Å². The van der Waals surface area contributed by atoms with Crippen molar-refractivity contribution in [2.75, 3.05) is 11.6 Å². The van der Waals surface area contributed by atoms with Crippen LogP contribution in [0.15, 0.2) is 65.6 Å². The number of nitrogens with one attached hydrogen (secondary N) is 2. The van der Waals surface area contributed by atoms with Crippen LogP contribution in [0.2, 0.25) is 0 Å². The molecule has 0 spiro atoms. The van der Waals surface area contributed by atoms with E-state index < -0.39 is 45.1 Å². The number of halogens is 2. The average molecular weight is 474 g/mol. The summed E-state index contributed by atoms with van der Waals surface area (Å²) in [5.41, 5.74) is 0.457. The molecule has 0 aliphatic carbocycles. The van der Waals surface area contributed by atoms with Crippen molar-refractivity contribution >= 4 is 27.3 Å². The number of carbonyl (C=O) groups excluding carboxylic acids is 2. The van der Waals surface area contributed by atoms with E-state index in [1.807, 2.05) is 0 Å². The number of rotatable bonds is 6. The number of hydrogen-bond acceptors (Lipinski definition) is 5. The first-order valence-corrected chi connectivity index (χ1v) is 11.5. The van der Waals surface area contributed by atoms with Gasteiger partial charge in [0.15, 0.2) is 9.84 Å². The van der Waals surface area contributed by atoms with Crippen molar-refractivity contribution in [3.63, 3.8) is 0 Å². The van der Waals surface area contributed by atoms with Gasteiger partial charge < -0.3 is 15.7 Å². The van der Waals surface area contributed by atoms with Gasteiger partial charge in [-0.05, 0) is 48.9 Å². The third-order valence-electron chi connectivity index (χ3n) is 4.78. The highest BCUT2D eigenvalue weighted by atomic mass is 32.2. The number of sulfone groups is 1. The first kappa shape index (κ1) is 23.9. The maximum absolute atomic E-state index is 13.3. The summed E-state index contributed by atoms with van der Waals surface area (Å²) in [5.74, 6) is -3.63. The Labute approximate surface area is 189 Å². The molecule has 0 bridgehead atoms. The summed E-state index contributed by atoms with van der Waals surface area (Å²) in [5, 5.41) is 15.3. The number of hydrogen-bond donors (Lipinski definition) is 3. The Bertz CT molecular complexity index is 1300. The van der Waals surface area contributed by atoms with Crippen LogP contribution in [0.25, 0.3) is 0 Å². The van der Waals surface area contributed by atoms with E-state index in [1.165, 1.54) is 24.3 Å². The highest BCUT2D eigenvalue weighted by Gasteiger charge is 2.17. The van der Waals surface area contributed by atoms with Gasteiger partial charge in [-0.25, -0.2) is 17.2 Å². The zero-order valence-corrected chi connectivity index (χ0v) is 18.4. The largest absolute Gasteiger partial charge is 0.507 e. The summed E-state index contributed by atoms with van der Waals surface area (Å²) in [4.78, 5) is 24.9. The van der Waals surface area contributed by atoms with Gasteiger partial charge >= 0.3 is 0 Å². The molecule has 1 unspecified atom stereocenters. The quantitative estimate of drug-likeness (QED) is 0.503. The monoisotopic (exact) mass is 474 g/mol. The number of phenols is 1. The Morgan fingerprint density at radius 3 is 2.06 bits per heavy atom. The minimum absolute atomic E-state index is 0.0654. The van der Waals surface area contributed by atoms with Crippen LogP contribution in [-0.4, -0.2) is 31.6 Å². The molecule has 3 rings (SSSR count). The molecule has 0 aliphatic heterocycles. The fourth-order valence-corrected chi connectivity index (χ4v) is 3.68. The molecule has 0 aromatic heterocycles. The number of aromatic hydroxyl groups is 1. The van der Waals surface area contributed by atoms with Crippen molar-refractivity contribution in [1.29, 1.82) is 0 Å². The van der Waals surface area contributed by atoms with Gasteiger partial charge in [0, 0.05) is 29.6 Å². The van der Waals surface area contributed by atoms with Crippen LogP contribution in [-0.2, 0) is 9.84 Å². The molecule has 0 saturated carbocycles. The van der Waals surface area contributed by atoms with Gasteiger partial charge in [0.1, 0.15) is 17.4 Å². The van der Waals surface area contributed by atoms with Crippen LogP contribution in [0, 0.1) is 11.6 Å². The molecular weight excluding hydrogens is 454 g/mol. The number of phenolic OH excluding ortho intramolecular Hbond substituents is 1. The normalized spacial score (nSPS) is 12.1. The van der Waals surface area contributed by atoms with Crippen molar-refractivity contribution in [3.8, 4) is 5.75 Å². The molecule has 3 aromatic rings. The molecule has 1 atom stereocenters. The molecule has 7 nitrogen and oxygen atoms in total. The first-order chi connectivity index (χ1) is 15.4. The molecule has 0 aliphatic rings. The van der Waals surface area contributed by atoms with E-state index in [4.69, 9.17) is 0 Å². The summed E-state index contributed by atoms with van der Waals surface area (Å²) in [7, 11) is -3.34. The third kappa shape index (κ3) is 5.92. The second kappa shape index (κ2) is 9.37. The Morgan fingerprint density at radius 1 is 0.909 bits per heavy atom. The Balaban J connectivity index is 1.70. The van der Waals surface area contributed by atoms with Crippen LogP contribution in [0.4, 0.5) is 14.5 Å². The predicted octanol–water partition coefficient (Wildman–Crippen LogP) is 3.82. The lowest BCUT2D eigenvalue weighted by atomic mass is 10.1. The summed E-state index contributed by atoms with van der Waals surface area (Å²) >= 11 is 0. The van der Waals surface area contributed by atoms with Gasteiger partial charge in [0.05, 0.1) is 16.5 Å². The van der Waals surface area contributed by atoms with E-state index in [0.29, 0.717) is 11.6 Å². The predicted molar refractivity (Wildman–Crippen MR) is 118 cm³/mol.